The maximum Gasteiger partial charge on any atom is 0.00673 e. The Labute approximate surface area is 182 Å². The fourth-order valence-corrected chi connectivity index (χ4v) is 8.61. The van der Waals surface area contributed by atoms with Crippen molar-refractivity contribution in [3.05, 3.63) is 0 Å². The van der Waals surface area contributed by atoms with Crippen LogP contribution in [0.2, 0.25) is 0 Å². The van der Waals surface area contributed by atoms with Gasteiger partial charge in [-0.15, -0.1) is 0 Å². The van der Waals surface area contributed by atoms with Crippen molar-refractivity contribution < 1.29 is 0 Å². The molecule has 2 N–H and O–H groups in total. The summed E-state index contributed by atoms with van der Waals surface area (Å²) in [5.41, 5.74) is 7.48. The third kappa shape index (κ3) is 4.08. The maximum atomic E-state index is 6.80. The van der Waals surface area contributed by atoms with E-state index in [1.807, 2.05) is 0 Å². The summed E-state index contributed by atoms with van der Waals surface area (Å²) >= 11 is 0. The van der Waals surface area contributed by atoms with Crippen molar-refractivity contribution in [2.75, 3.05) is 0 Å². The molecular weight excluding hydrogens is 350 g/mol. The van der Waals surface area contributed by atoms with Crippen LogP contribution in [-0.4, -0.2) is 6.04 Å². The van der Waals surface area contributed by atoms with E-state index in [1.54, 1.807) is 12.8 Å². The average Bonchev–Trinajstić information content (AvgIpc) is 3.37. The Morgan fingerprint density at radius 3 is 2.07 bits per heavy atom. The summed E-state index contributed by atoms with van der Waals surface area (Å²) in [5.74, 6) is 9.51. The van der Waals surface area contributed by atoms with Gasteiger partial charge in [0.25, 0.3) is 0 Å². The maximum absolute atomic E-state index is 6.80. The molecule has 0 radical (unpaired) electrons. The molecule has 0 saturated heterocycles. The van der Waals surface area contributed by atoms with E-state index < -0.39 is 0 Å². The van der Waals surface area contributed by atoms with Gasteiger partial charge in [0.1, 0.15) is 0 Å². The molecule has 4 saturated carbocycles. The van der Waals surface area contributed by atoms with Crippen LogP contribution in [0.1, 0.15) is 106 Å². The van der Waals surface area contributed by atoms with Crippen LogP contribution < -0.4 is 5.73 Å². The predicted octanol–water partition coefficient (Wildman–Crippen LogP) is 7.54. The molecule has 29 heavy (non-hydrogen) atoms. The first-order valence-corrected chi connectivity index (χ1v) is 13.5. The molecule has 1 heteroatoms. The molecule has 0 bridgehead atoms. The van der Waals surface area contributed by atoms with Crippen molar-refractivity contribution in [3.63, 3.8) is 0 Å². The smallest absolute Gasteiger partial charge is 0.00673 e. The lowest BCUT2D eigenvalue weighted by Crippen LogP contribution is -2.54. The highest BCUT2D eigenvalue weighted by atomic mass is 14.7. The minimum atomic E-state index is 0.427. The van der Waals surface area contributed by atoms with Gasteiger partial charge in [0.2, 0.25) is 0 Å². The number of hydrogen-bond acceptors (Lipinski definition) is 1. The monoisotopic (exact) mass is 401 g/mol. The lowest BCUT2D eigenvalue weighted by molar-refractivity contribution is -0.121. The Hall–Kier alpha value is -0.0400. The van der Waals surface area contributed by atoms with Gasteiger partial charge >= 0.3 is 0 Å². The number of rotatable bonds is 8. The van der Waals surface area contributed by atoms with E-state index in [-0.39, 0.29) is 0 Å². The van der Waals surface area contributed by atoms with Gasteiger partial charge < -0.3 is 5.73 Å². The SMILES string of the molecule is CCC(N)C(CC1CC1C)C1CC2(CC(C(C)C3CCC3C)C2)C(CC)CC1C. The zero-order chi connectivity index (χ0) is 20.9. The molecule has 4 fully saturated rings. The summed E-state index contributed by atoms with van der Waals surface area (Å²) in [6.07, 6.45) is 14.6. The molecule has 10 atom stereocenters. The highest BCUT2D eigenvalue weighted by Crippen LogP contribution is 2.65. The van der Waals surface area contributed by atoms with Crippen LogP contribution in [0, 0.1) is 64.6 Å². The van der Waals surface area contributed by atoms with Gasteiger partial charge in [0.15, 0.2) is 0 Å². The Balaban J connectivity index is 1.46. The molecule has 4 aliphatic carbocycles. The van der Waals surface area contributed by atoms with E-state index >= 15 is 0 Å². The molecule has 0 aromatic carbocycles. The lowest BCUT2D eigenvalue weighted by Gasteiger charge is -2.62. The fourth-order valence-electron chi connectivity index (χ4n) is 8.61. The van der Waals surface area contributed by atoms with Gasteiger partial charge in [-0.05, 0) is 116 Å². The normalized spacial score (nSPS) is 49.8. The Morgan fingerprint density at radius 2 is 1.59 bits per heavy atom. The van der Waals surface area contributed by atoms with Crippen LogP contribution in [0.5, 0.6) is 0 Å². The van der Waals surface area contributed by atoms with E-state index in [9.17, 15) is 0 Å². The zero-order valence-electron chi connectivity index (χ0n) is 20.5. The minimum absolute atomic E-state index is 0.427. The van der Waals surface area contributed by atoms with Crippen LogP contribution in [0.15, 0.2) is 0 Å². The first-order chi connectivity index (χ1) is 13.8. The molecule has 1 spiro atoms. The van der Waals surface area contributed by atoms with Crippen molar-refractivity contribution in [1.29, 1.82) is 0 Å². The van der Waals surface area contributed by atoms with Gasteiger partial charge in [-0.2, -0.15) is 0 Å². The van der Waals surface area contributed by atoms with Gasteiger partial charge in [-0.25, -0.2) is 0 Å². The van der Waals surface area contributed by atoms with Crippen molar-refractivity contribution in [2.24, 2.45) is 70.3 Å². The summed E-state index contributed by atoms with van der Waals surface area (Å²) in [6.45, 7) is 14.9. The molecule has 4 rings (SSSR count). The van der Waals surface area contributed by atoms with E-state index in [0.29, 0.717) is 11.5 Å². The van der Waals surface area contributed by atoms with E-state index in [4.69, 9.17) is 5.73 Å². The largest absolute Gasteiger partial charge is 0.327 e. The van der Waals surface area contributed by atoms with Crippen molar-refractivity contribution in [2.45, 2.75) is 112 Å². The zero-order valence-corrected chi connectivity index (χ0v) is 20.5. The second-order valence-electron chi connectivity index (χ2n) is 12.7. The Morgan fingerprint density at radius 1 is 0.897 bits per heavy atom. The van der Waals surface area contributed by atoms with Crippen molar-refractivity contribution >= 4 is 0 Å². The third-order valence-corrected chi connectivity index (χ3v) is 11.3. The molecule has 0 amide bonds. The number of hydrogen-bond donors (Lipinski definition) is 1. The summed E-state index contributed by atoms with van der Waals surface area (Å²) in [7, 11) is 0. The second-order valence-corrected chi connectivity index (χ2v) is 12.7. The van der Waals surface area contributed by atoms with Crippen LogP contribution in [0.25, 0.3) is 0 Å². The molecule has 168 valence electrons. The van der Waals surface area contributed by atoms with Crippen LogP contribution in [-0.2, 0) is 0 Å². The summed E-state index contributed by atoms with van der Waals surface area (Å²) in [6, 6.07) is 0.427. The molecule has 4 aliphatic rings. The van der Waals surface area contributed by atoms with E-state index in [2.05, 4.69) is 41.5 Å². The predicted molar refractivity (Wildman–Crippen MR) is 126 cm³/mol. The second kappa shape index (κ2) is 8.48. The topological polar surface area (TPSA) is 26.0 Å². The Kier molecular flexibility index (Phi) is 6.48. The van der Waals surface area contributed by atoms with Gasteiger partial charge in [0, 0.05) is 6.04 Å². The van der Waals surface area contributed by atoms with Gasteiger partial charge in [-0.3, -0.25) is 0 Å². The van der Waals surface area contributed by atoms with Crippen molar-refractivity contribution in [3.8, 4) is 0 Å². The van der Waals surface area contributed by atoms with Crippen LogP contribution in [0.3, 0.4) is 0 Å². The Bertz CT molecular complexity index is 549. The molecular formula is C28H51N. The lowest BCUT2D eigenvalue weighted by atomic mass is 9.43. The van der Waals surface area contributed by atoms with E-state index in [1.165, 1.54) is 51.4 Å². The average molecular weight is 402 g/mol. The van der Waals surface area contributed by atoms with Gasteiger partial charge in [0.05, 0.1) is 0 Å². The fraction of sp³-hybridized carbons (Fsp3) is 1.00. The molecule has 0 heterocycles. The van der Waals surface area contributed by atoms with Crippen molar-refractivity contribution in [1.82, 2.24) is 0 Å². The molecule has 0 aromatic rings. The molecule has 1 nitrogen and oxygen atoms in total. The van der Waals surface area contributed by atoms with E-state index in [0.717, 1.165) is 59.2 Å². The first kappa shape index (κ1) is 22.2. The first-order valence-electron chi connectivity index (χ1n) is 13.5. The molecule has 10 unspecified atom stereocenters. The summed E-state index contributed by atoms with van der Waals surface area (Å²) < 4.78 is 0. The van der Waals surface area contributed by atoms with Crippen LogP contribution >= 0.6 is 0 Å². The van der Waals surface area contributed by atoms with Crippen LogP contribution in [0.4, 0.5) is 0 Å². The molecule has 0 aliphatic heterocycles. The minimum Gasteiger partial charge on any atom is -0.327 e. The summed E-state index contributed by atoms with van der Waals surface area (Å²) in [4.78, 5) is 0. The molecule has 0 aromatic heterocycles. The highest BCUT2D eigenvalue weighted by molar-refractivity contribution is 5.06. The van der Waals surface area contributed by atoms with Gasteiger partial charge in [-0.1, -0.05) is 54.4 Å². The number of nitrogens with two attached hydrogens (primary N) is 1. The summed E-state index contributed by atoms with van der Waals surface area (Å²) in [5, 5.41) is 0. The quantitative estimate of drug-likeness (QED) is 0.446. The standard InChI is InChI=1S/C28H51N/c1-7-23-12-19(5)26(25(27(29)8-2)13-21-11-18(21)4)16-28(23)14-22(15-28)20(6)24-10-9-17(24)3/h17-27H,7-16,29H2,1-6H3. The third-order valence-electron chi connectivity index (χ3n) is 11.3. The highest BCUT2D eigenvalue weighted by Gasteiger charge is 2.56.